The monoisotopic (exact) mass is 411 g/mol. The van der Waals surface area contributed by atoms with E-state index in [0.29, 0.717) is 40.3 Å². The molecule has 146 valence electrons. The summed E-state index contributed by atoms with van der Waals surface area (Å²) in [4.78, 5) is 12.1. The molecule has 0 fully saturated rings. The average Bonchev–Trinajstić information content (AvgIpc) is 2.68. The van der Waals surface area contributed by atoms with Crippen LogP contribution in [0, 0.1) is 0 Å². The maximum atomic E-state index is 12.1. The summed E-state index contributed by atoms with van der Waals surface area (Å²) in [6.07, 6.45) is 0. The quantitative estimate of drug-likeness (QED) is 0.593. The first kappa shape index (κ1) is 21.1. The summed E-state index contributed by atoms with van der Waals surface area (Å²) in [6, 6.07) is 10.6. The molecule has 2 aromatic carbocycles. The Balaban J connectivity index is 1.75. The number of methoxy groups -OCH3 is 3. The van der Waals surface area contributed by atoms with Gasteiger partial charge in [0.1, 0.15) is 23.0 Å². The fraction of sp³-hybridized carbons (Fsp3) is 0.316. The number of rotatable bonds is 10. The number of ether oxygens (including phenoxy) is 4. The molecule has 0 heterocycles. The number of benzene rings is 2. The Kier molecular flexibility index (Phi) is 8.42. The van der Waals surface area contributed by atoms with Crippen LogP contribution < -0.4 is 24.3 Å². The van der Waals surface area contributed by atoms with Gasteiger partial charge in [-0.25, -0.2) is 0 Å². The molecule has 27 heavy (non-hydrogen) atoms. The van der Waals surface area contributed by atoms with E-state index in [-0.39, 0.29) is 5.91 Å². The van der Waals surface area contributed by atoms with Crippen molar-refractivity contribution in [3.63, 3.8) is 0 Å². The zero-order valence-corrected chi connectivity index (χ0v) is 17.0. The van der Waals surface area contributed by atoms with Gasteiger partial charge in [0.15, 0.2) is 0 Å². The topological polar surface area (TPSA) is 66.0 Å². The second-order valence-electron chi connectivity index (χ2n) is 5.31. The lowest BCUT2D eigenvalue weighted by atomic mass is 10.2. The number of nitrogens with one attached hydrogen (secondary N) is 1. The molecule has 6 nitrogen and oxygen atoms in total. The van der Waals surface area contributed by atoms with Crippen LogP contribution in [0.3, 0.4) is 0 Å². The molecule has 8 heteroatoms. The highest BCUT2D eigenvalue weighted by Crippen LogP contribution is 2.35. The Morgan fingerprint density at radius 3 is 2.30 bits per heavy atom. The smallest absolute Gasteiger partial charge is 0.234 e. The fourth-order valence-electron chi connectivity index (χ4n) is 2.20. The van der Waals surface area contributed by atoms with Crippen molar-refractivity contribution < 1.29 is 23.7 Å². The minimum absolute atomic E-state index is 0.149. The summed E-state index contributed by atoms with van der Waals surface area (Å²) in [5.74, 6) is 3.33. The van der Waals surface area contributed by atoms with Crippen LogP contribution in [-0.4, -0.2) is 45.3 Å². The highest BCUT2D eigenvalue weighted by molar-refractivity contribution is 7.99. The van der Waals surface area contributed by atoms with E-state index in [2.05, 4.69) is 5.32 Å². The van der Waals surface area contributed by atoms with Crippen molar-refractivity contribution >= 4 is 35.0 Å². The van der Waals surface area contributed by atoms with Crippen molar-refractivity contribution in [3.8, 4) is 23.0 Å². The molecule has 0 saturated carbocycles. The van der Waals surface area contributed by atoms with Gasteiger partial charge in [-0.05, 0) is 30.3 Å². The van der Waals surface area contributed by atoms with E-state index in [1.807, 2.05) is 24.3 Å². The van der Waals surface area contributed by atoms with E-state index < -0.39 is 0 Å². The van der Waals surface area contributed by atoms with Crippen LogP contribution in [-0.2, 0) is 4.79 Å². The summed E-state index contributed by atoms with van der Waals surface area (Å²) < 4.78 is 21.1. The van der Waals surface area contributed by atoms with Gasteiger partial charge in [0.25, 0.3) is 0 Å². The van der Waals surface area contributed by atoms with Gasteiger partial charge in [-0.2, -0.15) is 0 Å². The molecule has 0 unspecified atom stereocenters. The van der Waals surface area contributed by atoms with Crippen LogP contribution >= 0.6 is 23.4 Å². The second kappa shape index (κ2) is 10.8. The summed E-state index contributed by atoms with van der Waals surface area (Å²) in [6.45, 7) is 0.502. The van der Waals surface area contributed by atoms with Gasteiger partial charge in [0, 0.05) is 11.8 Å². The number of amides is 1. The molecule has 0 radical (unpaired) electrons. The van der Waals surface area contributed by atoms with Crippen LogP contribution in [0.2, 0.25) is 5.02 Å². The molecule has 2 rings (SSSR count). The van der Waals surface area contributed by atoms with E-state index in [0.717, 1.165) is 11.5 Å². The molecule has 0 atom stereocenters. The Hall–Kier alpha value is -2.25. The van der Waals surface area contributed by atoms with E-state index >= 15 is 0 Å². The molecule has 0 aliphatic rings. The summed E-state index contributed by atoms with van der Waals surface area (Å²) in [7, 11) is 4.65. The van der Waals surface area contributed by atoms with Crippen molar-refractivity contribution in [1.29, 1.82) is 0 Å². The second-order valence-corrected chi connectivity index (χ2v) is 6.82. The van der Waals surface area contributed by atoms with Gasteiger partial charge in [-0.3, -0.25) is 4.79 Å². The highest BCUT2D eigenvalue weighted by atomic mass is 35.5. The molecule has 1 N–H and O–H groups in total. The zero-order valence-electron chi connectivity index (χ0n) is 15.4. The lowest BCUT2D eigenvalue weighted by Gasteiger charge is -2.13. The standard InChI is InChI=1S/C19H22ClNO5S/c1-23-13-4-6-14(7-5-13)26-8-9-27-12-19(22)21-16-10-15(20)17(24-2)11-18(16)25-3/h4-7,10-11H,8-9,12H2,1-3H3,(H,21,22). The Morgan fingerprint density at radius 2 is 1.67 bits per heavy atom. The van der Waals surface area contributed by atoms with Gasteiger partial charge < -0.3 is 24.3 Å². The van der Waals surface area contributed by atoms with Crippen LogP contribution in [0.15, 0.2) is 36.4 Å². The number of hydrogen-bond acceptors (Lipinski definition) is 6. The molecule has 0 aliphatic carbocycles. The van der Waals surface area contributed by atoms with Crippen molar-refractivity contribution in [2.24, 2.45) is 0 Å². The van der Waals surface area contributed by atoms with Gasteiger partial charge in [-0.15, -0.1) is 11.8 Å². The Labute approximate surface area is 168 Å². The third kappa shape index (κ3) is 6.45. The molecule has 0 spiro atoms. The lowest BCUT2D eigenvalue weighted by molar-refractivity contribution is -0.113. The molecular weight excluding hydrogens is 390 g/mol. The van der Waals surface area contributed by atoms with Gasteiger partial charge >= 0.3 is 0 Å². The first-order valence-corrected chi connectivity index (χ1v) is 9.66. The van der Waals surface area contributed by atoms with Crippen molar-refractivity contribution in [3.05, 3.63) is 41.4 Å². The van der Waals surface area contributed by atoms with Gasteiger partial charge in [0.2, 0.25) is 5.91 Å². The predicted octanol–water partition coefficient (Wildman–Crippen LogP) is 4.12. The maximum absolute atomic E-state index is 12.1. The minimum Gasteiger partial charge on any atom is -0.497 e. The lowest BCUT2D eigenvalue weighted by Crippen LogP contribution is -2.16. The molecular formula is C19H22ClNO5S. The number of carbonyl (C=O) groups excluding carboxylic acids is 1. The summed E-state index contributed by atoms with van der Waals surface area (Å²) >= 11 is 7.58. The number of carbonyl (C=O) groups is 1. The maximum Gasteiger partial charge on any atom is 0.234 e. The van der Waals surface area contributed by atoms with Crippen LogP contribution in [0.25, 0.3) is 0 Å². The summed E-state index contributed by atoms with van der Waals surface area (Å²) in [5, 5.41) is 3.19. The average molecular weight is 412 g/mol. The minimum atomic E-state index is -0.149. The third-order valence-electron chi connectivity index (χ3n) is 3.54. The first-order chi connectivity index (χ1) is 13.1. The Morgan fingerprint density at radius 1 is 1.00 bits per heavy atom. The Bertz CT molecular complexity index is 755. The van der Waals surface area contributed by atoms with E-state index in [1.54, 1.807) is 19.2 Å². The fourth-order valence-corrected chi connectivity index (χ4v) is 3.04. The predicted molar refractivity (Wildman–Crippen MR) is 109 cm³/mol. The number of anilines is 1. The van der Waals surface area contributed by atoms with E-state index in [4.69, 9.17) is 30.5 Å². The van der Waals surface area contributed by atoms with Crippen molar-refractivity contribution in [1.82, 2.24) is 0 Å². The van der Waals surface area contributed by atoms with Gasteiger partial charge in [-0.1, -0.05) is 11.6 Å². The third-order valence-corrected chi connectivity index (χ3v) is 4.75. The molecule has 0 aliphatic heterocycles. The van der Waals surface area contributed by atoms with Crippen molar-refractivity contribution in [2.75, 3.05) is 44.8 Å². The zero-order chi connectivity index (χ0) is 19.6. The van der Waals surface area contributed by atoms with E-state index in [1.165, 1.54) is 26.0 Å². The number of thioether (sulfide) groups is 1. The molecule has 1 amide bonds. The number of hydrogen-bond donors (Lipinski definition) is 1. The SMILES string of the molecule is COc1ccc(OCCSCC(=O)Nc2cc(Cl)c(OC)cc2OC)cc1. The molecule has 2 aromatic rings. The van der Waals surface area contributed by atoms with Crippen LogP contribution in [0.5, 0.6) is 23.0 Å². The number of halogens is 1. The van der Waals surface area contributed by atoms with Gasteiger partial charge in [0.05, 0.1) is 44.4 Å². The van der Waals surface area contributed by atoms with Crippen LogP contribution in [0.1, 0.15) is 0 Å². The highest BCUT2D eigenvalue weighted by Gasteiger charge is 2.12. The van der Waals surface area contributed by atoms with E-state index in [9.17, 15) is 4.79 Å². The molecule has 0 bridgehead atoms. The van der Waals surface area contributed by atoms with Crippen LogP contribution in [0.4, 0.5) is 5.69 Å². The van der Waals surface area contributed by atoms with Crippen molar-refractivity contribution in [2.45, 2.75) is 0 Å². The largest absolute Gasteiger partial charge is 0.497 e. The first-order valence-electron chi connectivity index (χ1n) is 8.13. The molecule has 0 saturated heterocycles. The normalized spacial score (nSPS) is 10.2. The molecule has 0 aromatic heterocycles. The summed E-state index contributed by atoms with van der Waals surface area (Å²) in [5.41, 5.74) is 0.503.